The number of aromatic hydroxyl groups is 1. The molecule has 0 bridgehead atoms. The summed E-state index contributed by atoms with van der Waals surface area (Å²) in [5.41, 5.74) is 1.03. The number of amides is 3. The average Bonchev–Trinajstić information content (AvgIpc) is 3.33. The molecular weight excluding hydrogens is 466 g/mol. The minimum absolute atomic E-state index is 0.0860. The predicted molar refractivity (Wildman–Crippen MR) is 130 cm³/mol. The molecule has 10 nitrogen and oxygen atoms in total. The highest BCUT2D eigenvalue weighted by atomic mass is 16.5. The first-order chi connectivity index (χ1) is 17.3. The zero-order valence-electron chi connectivity index (χ0n) is 19.8. The monoisotopic (exact) mass is 497 g/mol. The molecule has 0 radical (unpaired) electrons. The Kier molecular flexibility index (Phi) is 9.67. The van der Waals surface area contributed by atoms with Crippen molar-refractivity contribution in [2.45, 2.75) is 50.8 Å². The molecule has 1 fully saturated rings. The second-order valence-corrected chi connectivity index (χ2v) is 8.70. The van der Waals surface area contributed by atoms with Gasteiger partial charge in [0.05, 0.1) is 5.92 Å². The molecule has 3 atom stereocenters. The van der Waals surface area contributed by atoms with Gasteiger partial charge in [-0.15, -0.1) is 0 Å². The van der Waals surface area contributed by atoms with Crippen molar-refractivity contribution in [3.8, 4) is 5.75 Å². The highest BCUT2D eigenvalue weighted by Crippen LogP contribution is 2.26. The van der Waals surface area contributed by atoms with Crippen LogP contribution in [-0.2, 0) is 20.9 Å². The molecule has 5 N–H and O–H groups in total. The summed E-state index contributed by atoms with van der Waals surface area (Å²) in [4.78, 5) is 49.1. The number of ether oxygens (including phenoxy) is 1. The van der Waals surface area contributed by atoms with E-state index in [0.717, 1.165) is 5.56 Å². The number of aliphatic carboxylic acids is 1. The molecule has 2 aromatic carbocycles. The van der Waals surface area contributed by atoms with Crippen LogP contribution in [0.3, 0.4) is 0 Å². The Morgan fingerprint density at radius 2 is 1.81 bits per heavy atom. The molecule has 3 rings (SSSR count). The van der Waals surface area contributed by atoms with Crippen LogP contribution < -0.4 is 16.0 Å². The number of hydrogen-bond acceptors (Lipinski definition) is 6. The van der Waals surface area contributed by atoms with E-state index in [1.807, 2.05) is 30.3 Å². The van der Waals surface area contributed by atoms with E-state index in [0.29, 0.717) is 25.7 Å². The molecular formula is C26H31N3O7. The maximum atomic E-state index is 13.0. The van der Waals surface area contributed by atoms with Gasteiger partial charge in [0.25, 0.3) is 5.91 Å². The molecule has 0 aliphatic heterocycles. The number of carbonyl (C=O) groups excluding carboxylic acids is 3. The van der Waals surface area contributed by atoms with E-state index in [4.69, 9.17) is 4.74 Å². The Morgan fingerprint density at radius 3 is 2.53 bits per heavy atom. The van der Waals surface area contributed by atoms with Crippen LogP contribution in [0.1, 0.15) is 48.0 Å². The third-order valence-electron chi connectivity index (χ3n) is 6.04. The molecule has 1 aliphatic rings. The summed E-state index contributed by atoms with van der Waals surface area (Å²) in [6, 6.07) is 13.5. The number of alkyl carbamates (subject to hydrolysis) is 1. The van der Waals surface area contributed by atoms with Gasteiger partial charge in [-0.05, 0) is 49.4 Å². The largest absolute Gasteiger partial charge is 0.508 e. The normalized spacial score (nSPS) is 17.6. The SMILES string of the molecule is O=C(NCCC[C@H](NC(=O)c1cccc(O)c1)C(=O)N[C@H]1CCC[C@H]1C(=O)O)OCc1ccccc1. The first-order valence-corrected chi connectivity index (χ1v) is 11.9. The Balaban J connectivity index is 1.54. The minimum atomic E-state index is -0.962. The topological polar surface area (TPSA) is 154 Å². The van der Waals surface area contributed by atoms with Crippen molar-refractivity contribution >= 4 is 23.9 Å². The number of hydrogen-bond donors (Lipinski definition) is 5. The zero-order chi connectivity index (χ0) is 25.9. The molecule has 0 spiro atoms. The molecule has 1 aliphatic carbocycles. The molecule has 2 aromatic rings. The van der Waals surface area contributed by atoms with Crippen LogP contribution in [-0.4, -0.2) is 52.7 Å². The van der Waals surface area contributed by atoms with Crippen molar-refractivity contribution in [1.29, 1.82) is 0 Å². The molecule has 192 valence electrons. The van der Waals surface area contributed by atoms with Crippen LogP contribution in [0, 0.1) is 5.92 Å². The number of benzene rings is 2. The molecule has 1 saturated carbocycles. The number of carboxylic acid groups (broad SMARTS) is 1. The molecule has 36 heavy (non-hydrogen) atoms. The summed E-state index contributed by atoms with van der Waals surface area (Å²) in [5.74, 6) is -2.76. The molecule has 0 saturated heterocycles. The van der Waals surface area contributed by atoms with Crippen molar-refractivity contribution in [1.82, 2.24) is 16.0 Å². The number of phenolic OH excluding ortho intramolecular Hbond substituents is 1. The van der Waals surface area contributed by atoms with Gasteiger partial charge in [-0.3, -0.25) is 14.4 Å². The standard InChI is InChI=1S/C26H31N3O7/c30-19-10-4-9-18(15-19)23(31)29-22(24(32)28-21-12-5-11-20(21)25(33)34)13-6-14-27-26(35)36-16-17-7-2-1-3-8-17/h1-4,7-10,15,20-22,30H,5-6,11-14,16H2,(H,27,35)(H,28,32)(H,29,31)(H,33,34)/t20-,21+,22+/m1/s1. The molecule has 10 heteroatoms. The van der Waals surface area contributed by atoms with Gasteiger partial charge in [-0.1, -0.05) is 42.8 Å². The smallest absolute Gasteiger partial charge is 0.407 e. The van der Waals surface area contributed by atoms with Gasteiger partial charge < -0.3 is 30.9 Å². The van der Waals surface area contributed by atoms with Gasteiger partial charge >= 0.3 is 12.1 Å². The lowest BCUT2D eigenvalue weighted by Crippen LogP contribution is -2.51. The van der Waals surface area contributed by atoms with Crippen LogP contribution in [0.2, 0.25) is 0 Å². The summed E-state index contributed by atoms with van der Waals surface area (Å²) in [7, 11) is 0. The highest BCUT2D eigenvalue weighted by Gasteiger charge is 2.35. The van der Waals surface area contributed by atoms with Gasteiger partial charge in [-0.2, -0.15) is 0 Å². The van der Waals surface area contributed by atoms with Crippen molar-refractivity contribution < 1.29 is 34.1 Å². The average molecular weight is 498 g/mol. The first-order valence-electron chi connectivity index (χ1n) is 11.9. The van der Waals surface area contributed by atoms with Crippen molar-refractivity contribution in [2.24, 2.45) is 5.92 Å². The second-order valence-electron chi connectivity index (χ2n) is 8.70. The third-order valence-corrected chi connectivity index (χ3v) is 6.04. The Labute approximate surface area is 209 Å². The zero-order valence-corrected chi connectivity index (χ0v) is 19.8. The van der Waals surface area contributed by atoms with Gasteiger partial charge in [0, 0.05) is 18.2 Å². The van der Waals surface area contributed by atoms with E-state index in [1.165, 1.54) is 24.3 Å². The van der Waals surface area contributed by atoms with Crippen molar-refractivity contribution in [3.05, 3.63) is 65.7 Å². The first kappa shape index (κ1) is 26.5. The summed E-state index contributed by atoms with van der Waals surface area (Å²) in [6.07, 6.45) is 1.67. The number of nitrogens with one attached hydrogen (secondary N) is 3. The lowest BCUT2D eigenvalue weighted by atomic mass is 10.0. The molecule has 3 amide bonds. The minimum Gasteiger partial charge on any atom is -0.508 e. The summed E-state index contributed by atoms with van der Waals surface area (Å²) in [5, 5.41) is 27.1. The fourth-order valence-electron chi connectivity index (χ4n) is 4.14. The molecule has 0 unspecified atom stereocenters. The van der Waals surface area contributed by atoms with Gasteiger partial charge in [0.15, 0.2) is 0 Å². The lowest BCUT2D eigenvalue weighted by Gasteiger charge is -2.23. The lowest BCUT2D eigenvalue weighted by molar-refractivity contribution is -0.142. The quantitative estimate of drug-likeness (QED) is 0.299. The Hall–Kier alpha value is -4.08. The Morgan fingerprint density at radius 1 is 1.03 bits per heavy atom. The number of rotatable bonds is 11. The fraction of sp³-hybridized carbons (Fsp3) is 0.385. The van der Waals surface area contributed by atoms with Crippen LogP contribution in [0.4, 0.5) is 4.79 Å². The van der Waals surface area contributed by atoms with E-state index in [-0.39, 0.29) is 30.9 Å². The van der Waals surface area contributed by atoms with E-state index < -0.39 is 41.9 Å². The number of phenols is 1. The predicted octanol–water partition coefficient (Wildman–Crippen LogP) is 2.57. The van der Waals surface area contributed by atoms with Gasteiger partial charge in [0.2, 0.25) is 5.91 Å². The highest BCUT2D eigenvalue weighted by molar-refractivity contribution is 5.98. The fourth-order valence-corrected chi connectivity index (χ4v) is 4.14. The van der Waals surface area contributed by atoms with E-state index >= 15 is 0 Å². The third kappa shape index (κ3) is 8.00. The van der Waals surface area contributed by atoms with Crippen molar-refractivity contribution in [2.75, 3.05) is 6.54 Å². The summed E-state index contributed by atoms with van der Waals surface area (Å²) in [6.45, 7) is 0.338. The Bertz CT molecular complexity index is 1060. The maximum Gasteiger partial charge on any atom is 0.407 e. The molecule has 0 aromatic heterocycles. The summed E-state index contributed by atoms with van der Waals surface area (Å²) < 4.78 is 5.16. The van der Waals surface area contributed by atoms with E-state index in [2.05, 4.69) is 16.0 Å². The van der Waals surface area contributed by atoms with Crippen LogP contribution in [0.15, 0.2) is 54.6 Å². The summed E-state index contributed by atoms with van der Waals surface area (Å²) >= 11 is 0. The number of carboxylic acids is 1. The molecule has 0 heterocycles. The van der Waals surface area contributed by atoms with Crippen LogP contribution >= 0.6 is 0 Å². The second kappa shape index (κ2) is 13.1. The van der Waals surface area contributed by atoms with Crippen LogP contribution in [0.5, 0.6) is 5.75 Å². The van der Waals surface area contributed by atoms with E-state index in [9.17, 15) is 29.4 Å². The number of carbonyl (C=O) groups is 4. The van der Waals surface area contributed by atoms with Crippen molar-refractivity contribution in [3.63, 3.8) is 0 Å². The van der Waals surface area contributed by atoms with E-state index in [1.54, 1.807) is 0 Å². The van der Waals surface area contributed by atoms with Gasteiger partial charge in [0.1, 0.15) is 18.4 Å². The van der Waals surface area contributed by atoms with Crippen LogP contribution in [0.25, 0.3) is 0 Å². The van der Waals surface area contributed by atoms with Gasteiger partial charge in [-0.25, -0.2) is 4.79 Å². The maximum absolute atomic E-state index is 13.0.